The van der Waals surface area contributed by atoms with Gasteiger partial charge in [0.25, 0.3) is 5.91 Å². The average Bonchev–Trinajstić information content (AvgIpc) is 3.84. The fourth-order valence-corrected chi connectivity index (χ4v) is 8.86. The Morgan fingerprint density at radius 1 is 0.945 bits per heavy atom. The highest BCUT2D eigenvalue weighted by Crippen LogP contribution is 2.56. The van der Waals surface area contributed by atoms with Crippen molar-refractivity contribution in [1.29, 1.82) is 0 Å². The largest absolute Gasteiger partial charge is 0.493 e. The number of esters is 1. The van der Waals surface area contributed by atoms with Crippen LogP contribution in [-0.4, -0.2) is 85.3 Å². The van der Waals surface area contributed by atoms with Crippen molar-refractivity contribution in [2.75, 3.05) is 41.3 Å². The first-order valence-corrected chi connectivity index (χ1v) is 18.6. The lowest BCUT2D eigenvalue weighted by Gasteiger charge is -2.41. The molecule has 2 N–H and O–H groups in total. The normalized spacial score (nSPS) is 23.5. The van der Waals surface area contributed by atoms with Gasteiger partial charge in [0.15, 0.2) is 23.0 Å². The molecule has 3 aromatic rings. The predicted octanol–water partition coefficient (Wildman–Crippen LogP) is 5.70. The molecular formula is C42H49N3O10. The number of methoxy groups -OCH3 is 3. The third kappa shape index (κ3) is 6.32. The maximum absolute atomic E-state index is 15.1. The van der Waals surface area contributed by atoms with E-state index in [1.165, 1.54) is 26.4 Å². The molecule has 55 heavy (non-hydrogen) atoms. The van der Waals surface area contributed by atoms with Gasteiger partial charge >= 0.3 is 5.97 Å². The van der Waals surface area contributed by atoms with Crippen molar-refractivity contribution >= 4 is 17.8 Å². The van der Waals surface area contributed by atoms with E-state index in [4.69, 9.17) is 28.4 Å². The number of nitrogens with one attached hydrogen (secondary N) is 1. The number of hydrogen-bond donors (Lipinski definition) is 2. The van der Waals surface area contributed by atoms with Gasteiger partial charge < -0.3 is 43.8 Å². The lowest BCUT2D eigenvalue weighted by Crippen LogP contribution is -2.52. The van der Waals surface area contributed by atoms with Gasteiger partial charge in [-0.2, -0.15) is 5.06 Å². The van der Waals surface area contributed by atoms with Crippen LogP contribution in [0.25, 0.3) is 0 Å². The Bertz CT molecular complexity index is 2000. The summed E-state index contributed by atoms with van der Waals surface area (Å²) in [6, 6.07) is 14.8. The molecule has 13 nitrogen and oxygen atoms in total. The van der Waals surface area contributed by atoms with Crippen LogP contribution in [0.2, 0.25) is 0 Å². The summed E-state index contributed by atoms with van der Waals surface area (Å²) in [5.74, 6) is -0.649. The molecule has 7 rings (SSSR count). The zero-order chi connectivity index (χ0) is 39.4. The molecule has 3 aromatic carbocycles. The molecule has 1 fully saturated rings. The fourth-order valence-electron chi connectivity index (χ4n) is 8.86. The highest BCUT2D eigenvalue weighted by atomic mass is 16.7. The Morgan fingerprint density at radius 2 is 1.58 bits per heavy atom. The first-order chi connectivity index (χ1) is 26.3. The lowest BCUT2D eigenvalue weighted by molar-refractivity contribution is -0.186. The van der Waals surface area contributed by atoms with Crippen LogP contribution in [0.5, 0.6) is 28.7 Å². The Labute approximate surface area is 321 Å². The number of nitrogens with zero attached hydrogens (tertiary/aromatic N) is 2. The number of ether oxygens (including phenoxy) is 6. The molecule has 2 amide bonds. The van der Waals surface area contributed by atoms with Crippen molar-refractivity contribution in [3.05, 3.63) is 88.5 Å². The average molecular weight is 756 g/mol. The summed E-state index contributed by atoms with van der Waals surface area (Å²) in [4.78, 5) is 45.3. The second-order valence-corrected chi connectivity index (χ2v) is 15.5. The molecule has 1 aliphatic carbocycles. The van der Waals surface area contributed by atoms with Crippen molar-refractivity contribution in [2.24, 2.45) is 11.8 Å². The molecule has 1 unspecified atom stereocenters. The SMILES string of the molecule is CCCN(C(=O)C1=CC(C)(C)N(O)C1(C)C)C(C(=O)N[C@@H]1c2cc3c(cc2[C@@H](c2cc(OC)c(OC)c(OC)c2)[C@H]2C(=O)OC[C@@H]21)OCO3)c1ccccc1. The van der Waals surface area contributed by atoms with E-state index in [2.05, 4.69) is 5.32 Å². The maximum Gasteiger partial charge on any atom is 0.310 e. The van der Waals surface area contributed by atoms with Crippen LogP contribution in [0.3, 0.4) is 0 Å². The lowest BCUT2D eigenvalue weighted by atomic mass is 9.65. The van der Waals surface area contributed by atoms with Gasteiger partial charge in [0, 0.05) is 24.0 Å². The van der Waals surface area contributed by atoms with Gasteiger partial charge in [-0.1, -0.05) is 43.3 Å². The standard InChI is InChI=1S/C42H49N3O10/c1-9-15-44(39(47)28-20-41(2,3)45(49)42(28,4)5)36(23-13-11-10-12-14-23)38(46)43-35-26-19-30-29(54-22-55-30)18-25(26)33(34-27(35)21-53-40(34)48)24-16-31(50-6)37(52-8)32(17-24)51-7/h10-14,16-20,27,33-36,49H,9,15,21-22H2,1-8H3,(H,43,46)/t27-,33+,34-,35+,36?/m0/s1. The summed E-state index contributed by atoms with van der Waals surface area (Å²) in [6.45, 7) is 9.54. The van der Waals surface area contributed by atoms with E-state index in [1.54, 1.807) is 24.8 Å². The van der Waals surface area contributed by atoms with Gasteiger partial charge in [-0.25, -0.2) is 0 Å². The van der Waals surface area contributed by atoms with Crippen molar-refractivity contribution in [3.8, 4) is 28.7 Å². The van der Waals surface area contributed by atoms with E-state index in [-0.39, 0.29) is 25.9 Å². The Kier molecular flexibility index (Phi) is 9.97. The highest BCUT2D eigenvalue weighted by Gasteiger charge is 2.54. The highest BCUT2D eigenvalue weighted by molar-refractivity contribution is 6.00. The van der Waals surface area contributed by atoms with Gasteiger partial charge in [0.05, 0.1) is 51.0 Å². The topological polar surface area (TPSA) is 145 Å². The number of rotatable bonds is 11. The summed E-state index contributed by atoms with van der Waals surface area (Å²) in [5.41, 5.74) is 1.37. The number of amides is 2. The molecule has 3 aliphatic heterocycles. The van der Waals surface area contributed by atoms with E-state index >= 15 is 4.79 Å². The molecule has 292 valence electrons. The van der Waals surface area contributed by atoms with Crippen LogP contribution in [0.4, 0.5) is 0 Å². The van der Waals surface area contributed by atoms with Crippen molar-refractivity contribution in [1.82, 2.24) is 15.3 Å². The Morgan fingerprint density at radius 3 is 2.15 bits per heavy atom. The van der Waals surface area contributed by atoms with E-state index < -0.39 is 52.8 Å². The van der Waals surface area contributed by atoms with Gasteiger partial charge in [-0.05, 0) is 80.6 Å². The predicted molar refractivity (Wildman–Crippen MR) is 200 cm³/mol. The molecule has 0 saturated carbocycles. The first-order valence-electron chi connectivity index (χ1n) is 18.6. The molecule has 0 radical (unpaired) electrons. The molecule has 0 bridgehead atoms. The summed E-state index contributed by atoms with van der Waals surface area (Å²) in [6.07, 6.45) is 2.34. The van der Waals surface area contributed by atoms with Crippen LogP contribution in [0, 0.1) is 11.8 Å². The summed E-state index contributed by atoms with van der Waals surface area (Å²) >= 11 is 0. The molecule has 0 aromatic heterocycles. The smallest absolute Gasteiger partial charge is 0.310 e. The molecule has 4 aliphatic rings. The second-order valence-electron chi connectivity index (χ2n) is 15.5. The summed E-state index contributed by atoms with van der Waals surface area (Å²) < 4.78 is 34.5. The number of hydrogen-bond acceptors (Lipinski definition) is 11. The zero-order valence-corrected chi connectivity index (χ0v) is 32.5. The minimum atomic E-state index is -1.05. The van der Waals surface area contributed by atoms with E-state index in [0.29, 0.717) is 46.3 Å². The van der Waals surface area contributed by atoms with Gasteiger partial charge in [0.2, 0.25) is 18.4 Å². The molecule has 1 saturated heterocycles. The monoisotopic (exact) mass is 755 g/mol. The Hall–Kier alpha value is -5.27. The van der Waals surface area contributed by atoms with Crippen molar-refractivity contribution in [2.45, 2.75) is 70.1 Å². The van der Waals surface area contributed by atoms with Crippen LogP contribution in [-0.2, 0) is 19.1 Å². The summed E-state index contributed by atoms with van der Waals surface area (Å²) in [5, 5.41) is 15.6. The molecule has 0 spiro atoms. The number of hydroxylamine groups is 2. The van der Waals surface area contributed by atoms with Crippen LogP contribution in [0.1, 0.15) is 81.3 Å². The van der Waals surface area contributed by atoms with E-state index in [0.717, 1.165) is 16.7 Å². The number of carbonyl (C=O) groups is 3. The molecule has 5 atom stereocenters. The first kappa shape index (κ1) is 38.0. The molecule has 13 heteroatoms. The minimum Gasteiger partial charge on any atom is -0.493 e. The van der Waals surface area contributed by atoms with Crippen molar-refractivity contribution in [3.63, 3.8) is 0 Å². The van der Waals surface area contributed by atoms with Crippen molar-refractivity contribution < 1.29 is 48.0 Å². The molecular weight excluding hydrogens is 706 g/mol. The van der Waals surface area contributed by atoms with E-state index in [1.807, 2.05) is 75.4 Å². The maximum atomic E-state index is 15.1. The van der Waals surface area contributed by atoms with Gasteiger partial charge in [-0.15, -0.1) is 0 Å². The fraction of sp³-hybridized carbons (Fsp3) is 0.452. The number of carbonyl (C=O) groups excluding carboxylic acids is 3. The van der Waals surface area contributed by atoms with Crippen LogP contribution >= 0.6 is 0 Å². The second kappa shape index (κ2) is 14.4. The summed E-state index contributed by atoms with van der Waals surface area (Å²) in [7, 11) is 4.60. The minimum absolute atomic E-state index is 0.0252. The number of fused-ring (bicyclic) bond motifs is 3. The third-order valence-corrected chi connectivity index (χ3v) is 11.4. The van der Waals surface area contributed by atoms with Gasteiger partial charge in [-0.3, -0.25) is 14.4 Å². The van der Waals surface area contributed by atoms with E-state index in [9.17, 15) is 14.8 Å². The number of cyclic esters (lactones) is 1. The Balaban J connectivity index is 1.35. The quantitative estimate of drug-likeness (QED) is 0.233. The van der Waals surface area contributed by atoms with Crippen LogP contribution < -0.4 is 29.0 Å². The molecule has 3 heterocycles. The third-order valence-electron chi connectivity index (χ3n) is 11.4. The zero-order valence-electron chi connectivity index (χ0n) is 32.5. The van der Waals surface area contributed by atoms with Gasteiger partial charge in [0.1, 0.15) is 6.04 Å². The van der Waals surface area contributed by atoms with Crippen LogP contribution in [0.15, 0.2) is 66.2 Å². The number of benzene rings is 3.